The topological polar surface area (TPSA) is 88.3 Å². The van der Waals surface area contributed by atoms with Crippen molar-refractivity contribution in [3.8, 4) is 0 Å². The van der Waals surface area contributed by atoms with Gasteiger partial charge in [0.05, 0.1) is 6.20 Å². The second-order valence-corrected chi connectivity index (χ2v) is 9.12. The first kappa shape index (κ1) is 16.2. The van der Waals surface area contributed by atoms with Crippen LogP contribution in [-0.2, 0) is 10.0 Å². The van der Waals surface area contributed by atoms with Gasteiger partial charge >= 0.3 is 0 Å². The minimum atomic E-state index is -3.65. The number of anilines is 1. The predicted molar refractivity (Wildman–Crippen MR) is 88.6 cm³/mol. The van der Waals surface area contributed by atoms with Gasteiger partial charge in [0.2, 0.25) is 10.0 Å². The van der Waals surface area contributed by atoms with Crippen LogP contribution in [0.5, 0.6) is 0 Å². The standard InChI is InChI=1S/C14H24N4O2S2/c15-22(19,20)13-9-16-14(21-13)17-11-5-4-8-18(10-11)12-6-2-1-3-7-12/h9,11-12H,1-8,10H2,(H,16,17)(H2,15,19,20)/t11-/m0/s1. The summed E-state index contributed by atoms with van der Waals surface area (Å²) in [7, 11) is -3.65. The quantitative estimate of drug-likeness (QED) is 0.872. The molecule has 0 radical (unpaired) electrons. The maximum atomic E-state index is 11.3. The molecule has 6 nitrogen and oxygen atoms in total. The molecule has 3 N–H and O–H groups in total. The Morgan fingerprint density at radius 3 is 2.68 bits per heavy atom. The summed E-state index contributed by atoms with van der Waals surface area (Å²) in [4.78, 5) is 6.75. The van der Waals surface area contributed by atoms with Crippen LogP contribution in [0, 0.1) is 0 Å². The molecular formula is C14H24N4O2S2. The third kappa shape index (κ3) is 3.98. The molecule has 0 bridgehead atoms. The number of primary sulfonamides is 1. The molecule has 1 aromatic heterocycles. The number of piperidine rings is 1. The van der Waals surface area contributed by atoms with E-state index in [-0.39, 0.29) is 4.21 Å². The highest BCUT2D eigenvalue weighted by Gasteiger charge is 2.27. The van der Waals surface area contributed by atoms with E-state index in [0.29, 0.717) is 11.2 Å². The Kier molecular flexibility index (Phi) is 5.01. The lowest BCUT2D eigenvalue weighted by Gasteiger charge is -2.40. The molecular weight excluding hydrogens is 320 g/mol. The number of rotatable bonds is 4. The molecule has 22 heavy (non-hydrogen) atoms. The summed E-state index contributed by atoms with van der Waals surface area (Å²) in [6, 6.07) is 1.07. The molecule has 2 aliphatic rings. The van der Waals surface area contributed by atoms with Gasteiger partial charge in [0.25, 0.3) is 0 Å². The van der Waals surface area contributed by atoms with Crippen molar-refractivity contribution in [3.63, 3.8) is 0 Å². The normalized spacial score (nSPS) is 25.2. The van der Waals surface area contributed by atoms with Crippen LogP contribution in [0.2, 0.25) is 0 Å². The number of nitrogens with one attached hydrogen (secondary N) is 1. The van der Waals surface area contributed by atoms with Gasteiger partial charge in [0.15, 0.2) is 9.34 Å². The van der Waals surface area contributed by atoms with Gasteiger partial charge in [0, 0.05) is 18.6 Å². The molecule has 1 aliphatic heterocycles. The van der Waals surface area contributed by atoms with Crippen LogP contribution in [0.3, 0.4) is 0 Å². The van der Waals surface area contributed by atoms with Gasteiger partial charge in [-0.15, -0.1) is 0 Å². The summed E-state index contributed by atoms with van der Waals surface area (Å²) in [5.41, 5.74) is 0. The van der Waals surface area contributed by atoms with Crippen molar-refractivity contribution in [1.29, 1.82) is 0 Å². The number of nitrogens with zero attached hydrogens (tertiary/aromatic N) is 2. The molecule has 124 valence electrons. The van der Waals surface area contributed by atoms with Crippen molar-refractivity contribution < 1.29 is 8.42 Å². The third-order valence-corrected chi connectivity index (χ3v) is 6.97. The van der Waals surface area contributed by atoms with Crippen molar-refractivity contribution >= 4 is 26.5 Å². The Morgan fingerprint density at radius 1 is 1.23 bits per heavy atom. The van der Waals surface area contributed by atoms with Gasteiger partial charge in [-0.3, -0.25) is 4.90 Å². The third-order valence-electron chi connectivity index (χ3n) is 4.64. The molecule has 1 saturated heterocycles. The first-order chi connectivity index (χ1) is 10.5. The SMILES string of the molecule is NS(=O)(=O)c1cnc(N[C@H]2CCCN(C3CCCCC3)C2)s1. The minimum absolute atomic E-state index is 0.120. The first-order valence-corrected chi connectivity index (χ1v) is 10.4. The van der Waals surface area contributed by atoms with Crippen molar-refractivity contribution in [2.24, 2.45) is 5.14 Å². The fraction of sp³-hybridized carbons (Fsp3) is 0.786. The van der Waals surface area contributed by atoms with Gasteiger partial charge < -0.3 is 5.32 Å². The summed E-state index contributed by atoms with van der Waals surface area (Å²) < 4.78 is 22.7. The summed E-state index contributed by atoms with van der Waals surface area (Å²) in [5.74, 6) is 0. The van der Waals surface area contributed by atoms with Crippen molar-refractivity contribution in [2.45, 2.75) is 61.2 Å². The molecule has 0 spiro atoms. The second-order valence-electron chi connectivity index (χ2n) is 6.30. The van der Waals surface area contributed by atoms with Crippen molar-refractivity contribution in [3.05, 3.63) is 6.20 Å². The number of likely N-dealkylation sites (tertiary alicyclic amines) is 1. The molecule has 0 aromatic carbocycles. The number of hydrogen-bond acceptors (Lipinski definition) is 6. The van der Waals surface area contributed by atoms with Crippen LogP contribution in [0.15, 0.2) is 10.4 Å². The Balaban J connectivity index is 1.59. The molecule has 1 saturated carbocycles. The maximum Gasteiger partial charge on any atom is 0.249 e. The fourth-order valence-corrected chi connectivity index (χ4v) is 5.06. The van der Waals surface area contributed by atoms with Gasteiger partial charge in [-0.1, -0.05) is 30.6 Å². The highest BCUT2D eigenvalue weighted by Crippen LogP contribution is 2.27. The number of sulfonamides is 1. The molecule has 3 rings (SSSR count). The largest absolute Gasteiger partial charge is 0.357 e. The molecule has 2 heterocycles. The summed E-state index contributed by atoms with van der Waals surface area (Å²) >= 11 is 1.12. The van der Waals surface area contributed by atoms with Crippen LogP contribution < -0.4 is 10.5 Å². The molecule has 8 heteroatoms. The minimum Gasteiger partial charge on any atom is -0.357 e. The molecule has 1 atom stereocenters. The van der Waals surface area contributed by atoms with Crippen LogP contribution in [0.25, 0.3) is 0 Å². The van der Waals surface area contributed by atoms with Crippen LogP contribution in [0.1, 0.15) is 44.9 Å². The second kappa shape index (κ2) is 6.82. The zero-order valence-electron chi connectivity index (χ0n) is 12.7. The zero-order valence-corrected chi connectivity index (χ0v) is 14.3. The Hall–Kier alpha value is -0.700. The highest BCUT2D eigenvalue weighted by atomic mass is 32.2. The van der Waals surface area contributed by atoms with E-state index in [9.17, 15) is 8.42 Å². The Morgan fingerprint density at radius 2 is 2.00 bits per heavy atom. The van der Waals surface area contributed by atoms with Crippen molar-refractivity contribution in [1.82, 2.24) is 9.88 Å². The van der Waals surface area contributed by atoms with E-state index in [1.165, 1.54) is 51.3 Å². The highest BCUT2D eigenvalue weighted by molar-refractivity contribution is 7.91. The fourth-order valence-electron chi connectivity index (χ4n) is 3.53. The van der Waals surface area contributed by atoms with E-state index in [4.69, 9.17) is 5.14 Å². The first-order valence-electron chi connectivity index (χ1n) is 8.01. The van der Waals surface area contributed by atoms with E-state index in [1.54, 1.807) is 0 Å². The molecule has 1 aliphatic carbocycles. The van der Waals surface area contributed by atoms with Gasteiger partial charge in [-0.25, -0.2) is 18.5 Å². The van der Waals surface area contributed by atoms with E-state index in [2.05, 4.69) is 15.2 Å². The average molecular weight is 345 g/mol. The van der Waals surface area contributed by atoms with Crippen LogP contribution in [-0.4, -0.2) is 43.5 Å². The van der Waals surface area contributed by atoms with Gasteiger partial charge in [-0.2, -0.15) is 0 Å². The monoisotopic (exact) mass is 344 g/mol. The predicted octanol–water partition coefficient (Wildman–Crippen LogP) is 2.00. The number of hydrogen-bond donors (Lipinski definition) is 2. The lowest BCUT2D eigenvalue weighted by atomic mass is 9.92. The lowest BCUT2D eigenvalue weighted by Crippen LogP contribution is -2.47. The summed E-state index contributed by atoms with van der Waals surface area (Å²) in [5, 5.41) is 9.17. The number of nitrogens with two attached hydrogens (primary N) is 1. The summed E-state index contributed by atoms with van der Waals surface area (Å²) in [6.45, 7) is 2.21. The van der Waals surface area contributed by atoms with Gasteiger partial charge in [0.1, 0.15) is 0 Å². The lowest BCUT2D eigenvalue weighted by molar-refractivity contribution is 0.124. The van der Waals surface area contributed by atoms with E-state index in [1.807, 2.05) is 0 Å². The Bertz CT molecular complexity index is 596. The zero-order chi connectivity index (χ0) is 15.6. The summed E-state index contributed by atoms with van der Waals surface area (Å²) in [6.07, 6.45) is 10.3. The molecule has 2 fully saturated rings. The smallest absolute Gasteiger partial charge is 0.249 e. The molecule has 0 unspecified atom stereocenters. The van der Waals surface area contributed by atoms with E-state index >= 15 is 0 Å². The van der Waals surface area contributed by atoms with Gasteiger partial charge in [-0.05, 0) is 32.2 Å². The maximum absolute atomic E-state index is 11.3. The number of aromatic nitrogens is 1. The van der Waals surface area contributed by atoms with Crippen molar-refractivity contribution in [2.75, 3.05) is 18.4 Å². The number of thiazole rings is 1. The molecule has 1 aromatic rings. The molecule has 0 amide bonds. The van der Waals surface area contributed by atoms with Crippen LogP contribution >= 0.6 is 11.3 Å². The van der Waals surface area contributed by atoms with E-state index in [0.717, 1.165) is 30.3 Å². The van der Waals surface area contributed by atoms with Crippen LogP contribution in [0.4, 0.5) is 5.13 Å². The Labute approximate surface area is 136 Å². The average Bonchev–Trinajstić information content (AvgIpc) is 2.97. The van der Waals surface area contributed by atoms with E-state index < -0.39 is 10.0 Å².